The van der Waals surface area contributed by atoms with Crippen molar-refractivity contribution >= 4 is 16.9 Å². The fourth-order valence-corrected chi connectivity index (χ4v) is 1.95. The second kappa shape index (κ2) is 4.56. The molecule has 0 aliphatic carbocycles. The van der Waals surface area contributed by atoms with Gasteiger partial charge >= 0.3 is 0 Å². The van der Waals surface area contributed by atoms with Gasteiger partial charge in [-0.3, -0.25) is 9.89 Å². The number of aromatic amines is 2. The molecule has 6 heteroatoms. The van der Waals surface area contributed by atoms with E-state index in [1.807, 2.05) is 25.1 Å². The van der Waals surface area contributed by atoms with Crippen LogP contribution in [0.4, 0.5) is 0 Å². The van der Waals surface area contributed by atoms with Crippen LogP contribution in [0.3, 0.4) is 0 Å². The first-order valence-corrected chi connectivity index (χ1v) is 5.94. The minimum atomic E-state index is -0.144. The highest BCUT2D eigenvalue weighted by Gasteiger charge is 2.06. The minimum absolute atomic E-state index is 0.144. The minimum Gasteiger partial charge on any atom is -0.348 e. The summed E-state index contributed by atoms with van der Waals surface area (Å²) in [6, 6.07) is 5.89. The number of aromatic nitrogens is 4. The first-order valence-electron chi connectivity index (χ1n) is 5.94. The molecule has 1 aromatic carbocycles. The Hall–Kier alpha value is -2.63. The lowest BCUT2D eigenvalue weighted by atomic mass is 10.2. The Kier molecular flexibility index (Phi) is 2.75. The van der Waals surface area contributed by atoms with E-state index >= 15 is 0 Å². The molecule has 0 radical (unpaired) electrons. The van der Waals surface area contributed by atoms with E-state index in [2.05, 4.69) is 25.5 Å². The standard InChI is InChI=1S/C13H13N5O/c1-8-17-11-3-2-9(4-12(11)18-8)5-14-13(19)10-6-15-16-7-10/h2-4,6-7H,5H2,1H3,(H,14,19)(H,15,16)(H,17,18). The number of nitrogens with zero attached hydrogens (tertiary/aromatic N) is 2. The second-order valence-electron chi connectivity index (χ2n) is 4.34. The van der Waals surface area contributed by atoms with Gasteiger partial charge in [-0.15, -0.1) is 0 Å². The summed E-state index contributed by atoms with van der Waals surface area (Å²) in [5, 5.41) is 9.19. The van der Waals surface area contributed by atoms with E-state index in [4.69, 9.17) is 0 Å². The Balaban J connectivity index is 1.73. The van der Waals surface area contributed by atoms with Crippen LogP contribution in [-0.2, 0) is 6.54 Å². The molecule has 1 amide bonds. The summed E-state index contributed by atoms with van der Waals surface area (Å²) in [7, 11) is 0. The molecule has 0 atom stereocenters. The van der Waals surface area contributed by atoms with E-state index in [0.29, 0.717) is 12.1 Å². The zero-order valence-electron chi connectivity index (χ0n) is 10.4. The van der Waals surface area contributed by atoms with Crippen LogP contribution in [0.15, 0.2) is 30.6 Å². The maximum atomic E-state index is 11.8. The number of rotatable bonds is 3. The van der Waals surface area contributed by atoms with Crippen LogP contribution in [0.5, 0.6) is 0 Å². The van der Waals surface area contributed by atoms with Gasteiger partial charge in [-0.1, -0.05) is 6.07 Å². The van der Waals surface area contributed by atoms with Gasteiger partial charge in [0.25, 0.3) is 5.91 Å². The number of hydrogen-bond donors (Lipinski definition) is 3. The number of benzene rings is 1. The predicted molar refractivity (Wildman–Crippen MR) is 70.6 cm³/mol. The van der Waals surface area contributed by atoms with Crippen LogP contribution < -0.4 is 5.32 Å². The summed E-state index contributed by atoms with van der Waals surface area (Å²) >= 11 is 0. The molecule has 2 aromatic heterocycles. The zero-order valence-corrected chi connectivity index (χ0v) is 10.4. The quantitative estimate of drug-likeness (QED) is 0.663. The molecule has 0 aliphatic rings. The van der Waals surface area contributed by atoms with Gasteiger partial charge in [-0.05, 0) is 24.6 Å². The first-order chi connectivity index (χ1) is 9.22. The van der Waals surface area contributed by atoms with Crippen LogP contribution in [0.2, 0.25) is 0 Å². The molecular formula is C13H13N5O. The maximum absolute atomic E-state index is 11.8. The molecule has 6 nitrogen and oxygen atoms in total. The van der Waals surface area contributed by atoms with E-state index in [0.717, 1.165) is 22.4 Å². The number of H-pyrrole nitrogens is 2. The predicted octanol–water partition coefficient (Wildman–Crippen LogP) is 1.52. The third-order valence-corrected chi connectivity index (χ3v) is 2.88. The number of aryl methyl sites for hydroxylation is 1. The van der Waals surface area contributed by atoms with Crippen molar-refractivity contribution in [3.05, 3.63) is 47.5 Å². The Morgan fingerprint density at radius 3 is 3.11 bits per heavy atom. The molecule has 3 N–H and O–H groups in total. The summed E-state index contributed by atoms with van der Waals surface area (Å²) in [4.78, 5) is 19.3. The summed E-state index contributed by atoms with van der Waals surface area (Å²) in [5.74, 6) is 0.740. The molecular weight excluding hydrogens is 242 g/mol. The lowest BCUT2D eigenvalue weighted by Gasteiger charge is -2.03. The number of carbonyl (C=O) groups excluding carboxylic acids is 1. The van der Waals surface area contributed by atoms with Crippen LogP contribution in [0.25, 0.3) is 11.0 Å². The van der Waals surface area contributed by atoms with Gasteiger partial charge in [0.1, 0.15) is 5.82 Å². The highest BCUT2D eigenvalue weighted by atomic mass is 16.1. The summed E-state index contributed by atoms with van der Waals surface area (Å²) < 4.78 is 0. The lowest BCUT2D eigenvalue weighted by Crippen LogP contribution is -2.22. The van der Waals surface area contributed by atoms with Crippen LogP contribution in [0, 0.1) is 6.92 Å². The van der Waals surface area contributed by atoms with Gasteiger partial charge in [0.2, 0.25) is 0 Å². The number of nitrogens with one attached hydrogen (secondary N) is 3. The highest BCUT2D eigenvalue weighted by Crippen LogP contribution is 2.13. The molecule has 0 bridgehead atoms. The van der Waals surface area contributed by atoms with Crippen molar-refractivity contribution in [1.29, 1.82) is 0 Å². The third-order valence-electron chi connectivity index (χ3n) is 2.88. The monoisotopic (exact) mass is 255 g/mol. The van der Waals surface area contributed by atoms with E-state index in [1.165, 1.54) is 6.20 Å². The smallest absolute Gasteiger partial charge is 0.254 e. The van der Waals surface area contributed by atoms with Crippen molar-refractivity contribution in [1.82, 2.24) is 25.5 Å². The summed E-state index contributed by atoms with van der Waals surface area (Å²) in [6.07, 6.45) is 3.06. The number of imidazole rings is 1. The van der Waals surface area contributed by atoms with E-state index in [9.17, 15) is 4.79 Å². The molecule has 0 fully saturated rings. The molecule has 3 aromatic rings. The van der Waals surface area contributed by atoms with Crippen molar-refractivity contribution in [3.63, 3.8) is 0 Å². The highest BCUT2D eigenvalue weighted by molar-refractivity contribution is 5.93. The second-order valence-corrected chi connectivity index (χ2v) is 4.34. The van der Waals surface area contributed by atoms with Gasteiger partial charge < -0.3 is 10.3 Å². The number of hydrogen-bond acceptors (Lipinski definition) is 3. The largest absolute Gasteiger partial charge is 0.348 e. The molecule has 96 valence electrons. The fraction of sp³-hybridized carbons (Fsp3) is 0.154. The van der Waals surface area contributed by atoms with Crippen molar-refractivity contribution in [2.75, 3.05) is 0 Å². The molecule has 0 spiro atoms. The molecule has 0 unspecified atom stereocenters. The molecule has 0 aliphatic heterocycles. The van der Waals surface area contributed by atoms with E-state index in [1.54, 1.807) is 6.20 Å². The molecule has 3 rings (SSSR count). The van der Waals surface area contributed by atoms with Crippen LogP contribution in [0.1, 0.15) is 21.7 Å². The Bertz CT molecular complexity index is 714. The molecule has 0 saturated heterocycles. The topological polar surface area (TPSA) is 86.5 Å². The van der Waals surface area contributed by atoms with E-state index in [-0.39, 0.29) is 5.91 Å². The summed E-state index contributed by atoms with van der Waals surface area (Å²) in [5.41, 5.74) is 3.46. The SMILES string of the molecule is Cc1nc2ccc(CNC(=O)c3cn[nH]c3)cc2[nH]1. The Morgan fingerprint density at radius 2 is 2.32 bits per heavy atom. The fourth-order valence-electron chi connectivity index (χ4n) is 1.95. The van der Waals surface area contributed by atoms with E-state index < -0.39 is 0 Å². The molecule has 19 heavy (non-hydrogen) atoms. The Labute approximate surface area is 109 Å². The number of amides is 1. The molecule has 2 heterocycles. The van der Waals surface area contributed by atoms with Gasteiger partial charge in [0.05, 0.1) is 22.8 Å². The Morgan fingerprint density at radius 1 is 1.42 bits per heavy atom. The lowest BCUT2D eigenvalue weighted by molar-refractivity contribution is 0.0951. The number of fused-ring (bicyclic) bond motifs is 1. The maximum Gasteiger partial charge on any atom is 0.254 e. The average Bonchev–Trinajstić information content (AvgIpc) is 3.03. The third kappa shape index (κ3) is 2.33. The van der Waals surface area contributed by atoms with Crippen molar-refractivity contribution in [2.45, 2.75) is 13.5 Å². The van der Waals surface area contributed by atoms with Gasteiger partial charge in [0.15, 0.2) is 0 Å². The number of carbonyl (C=O) groups is 1. The van der Waals surface area contributed by atoms with Crippen LogP contribution >= 0.6 is 0 Å². The van der Waals surface area contributed by atoms with Crippen LogP contribution in [-0.4, -0.2) is 26.1 Å². The van der Waals surface area contributed by atoms with Crippen molar-refractivity contribution in [3.8, 4) is 0 Å². The summed E-state index contributed by atoms with van der Waals surface area (Å²) in [6.45, 7) is 2.39. The van der Waals surface area contributed by atoms with Crippen molar-refractivity contribution in [2.24, 2.45) is 0 Å². The van der Waals surface area contributed by atoms with Gasteiger partial charge in [0, 0.05) is 12.7 Å². The average molecular weight is 255 g/mol. The van der Waals surface area contributed by atoms with Gasteiger partial charge in [-0.25, -0.2) is 4.98 Å². The van der Waals surface area contributed by atoms with Gasteiger partial charge in [-0.2, -0.15) is 5.10 Å². The zero-order chi connectivity index (χ0) is 13.2. The molecule has 0 saturated carbocycles. The van der Waals surface area contributed by atoms with Crippen molar-refractivity contribution < 1.29 is 4.79 Å². The first kappa shape index (κ1) is 11.5. The normalized spacial score (nSPS) is 10.8.